The molecule has 0 aliphatic rings. The maximum atomic E-state index is 5.37. The molecule has 0 aliphatic carbocycles. The van der Waals surface area contributed by atoms with Gasteiger partial charge in [0.05, 0.1) is 0 Å². The van der Waals surface area contributed by atoms with Gasteiger partial charge in [-0.1, -0.05) is 6.92 Å². The molecule has 92 valence electrons. The van der Waals surface area contributed by atoms with E-state index in [0.29, 0.717) is 18.3 Å². The molecular weight excluding hydrogens is 216 g/mol. The summed E-state index contributed by atoms with van der Waals surface area (Å²) in [5.74, 6) is 1.26. The Hall–Kier alpha value is -1.62. The molecule has 2 aromatic rings. The van der Waals surface area contributed by atoms with Crippen molar-refractivity contribution in [2.75, 3.05) is 6.54 Å². The third-order valence-corrected chi connectivity index (χ3v) is 2.53. The van der Waals surface area contributed by atoms with Crippen LogP contribution in [-0.4, -0.2) is 21.3 Å². The summed E-state index contributed by atoms with van der Waals surface area (Å²) in [6.07, 6.45) is 3.17. The van der Waals surface area contributed by atoms with Crippen molar-refractivity contribution in [2.24, 2.45) is 0 Å². The fourth-order valence-corrected chi connectivity index (χ4v) is 1.70. The van der Waals surface area contributed by atoms with Crippen molar-refractivity contribution in [3.63, 3.8) is 0 Å². The van der Waals surface area contributed by atoms with Gasteiger partial charge in [-0.05, 0) is 25.1 Å². The molecule has 17 heavy (non-hydrogen) atoms. The van der Waals surface area contributed by atoms with Gasteiger partial charge in [-0.15, -0.1) is 10.2 Å². The van der Waals surface area contributed by atoms with E-state index in [1.165, 1.54) is 5.69 Å². The van der Waals surface area contributed by atoms with Crippen LogP contribution >= 0.6 is 0 Å². The fraction of sp³-hybridized carbons (Fsp3) is 0.500. The lowest BCUT2D eigenvalue weighted by Crippen LogP contribution is -2.17. The molecule has 1 N–H and O–H groups in total. The zero-order chi connectivity index (χ0) is 12.1. The number of nitrogens with one attached hydrogen (secondary N) is 1. The Kier molecular flexibility index (Phi) is 3.93. The van der Waals surface area contributed by atoms with Crippen LogP contribution in [0.3, 0.4) is 0 Å². The quantitative estimate of drug-likeness (QED) is 0.773. The zero-order valence-electron chi connectivity index (χ0n) is 10.3. The normalized spacial score (nSPS) is 10.9. The van der Waals surface area contributed by atoms with Crippen LogP contribution in [0.25, 0.3) is 0 Å². The van der Waals surface area contributed by atoms with Crippen molar-refractivity contribution in [1.29, 1.82) is 0 Å². The largest absolute Gasteiger partial charge is 0.424 e. The number of hydrogen-bond donors (Lipinski definition) is 1. The van der Waals surface area contributed by atoms with Gasteiger partial charge in [0.1, 0.15) is 6.54 Å². The van der Waals surface area contributed by atoms with E-state index < -0.39 is 0 Å². The first-order chi connectivity index (χ1) is 8.29. The van der Waals surface area contributed by atoms with Gasteiger partial charge in [-0.3, -0.25) is 0 Å². The van der Waals surface area contributed by atoms with Gasteiger partial charge in [0.2, 0.25) is 11.8 Å². The molecule has 0 fully saturated rings. The monoisotopic (exact) mass is 234 g/mol. The van der Waals surface area contributed by atoms with Crippen molar-refractivity contribution < 1.29 is 4.42 Å². The Labute approximate surface area is 101 Å². The topological polar surface area (TPSA) is 55.9 Å². The van der Waals surface area contributed by atoms with Crippen LogP contribution in [0.5, 0.6) is 0 Å². The minimum Gasteiger partial charge on any atom is -0.424 e. The lowest BCUT2D eigenvalue weighted by Gasteiger charge is -2.07. The second-order valence-electron chi connectivity index (χ2n) is 4.02. The average molecular weight is 234 g/mol. The van der Waals surface area contributed by atoms with E-state index in [2.05, 4.69) is 33.1 Å². The summed E-state index contributed by atoms with van der Waals surface area (Å²) in [4.78, 5) is 0. The first kappa shape index (κ1) is 11.9. The van der Waals surface area contributed by atoms with Crippen molar-refractivity contribution >= 4 is 0 Å². The van der Waals surface area contributed by atoms with Crippen molar-refractivity contribution in [2.45, 2.75) is 33.4 Å². The van der Waals surface area contributed by atoms with Gasteiger partial charge in [0.25, 0.3) is 0 Å². The third-order valence-electron chi connectivity index (χ3n) is 2.53. The maximum absolute atomic E-state index is 5.37. The molecular formula is C12H18N4O. The van der Waals surface area contributed by atoms with Crippen LogP contribution in [0.4, 0.5) is 0 Å². The van der Waals surface area contributed by atoms with E-state index in [-0.39, 0.29) is 0 Å². The first-order valence-corrected chi connectivity index (χ1v) is 5.93. The second kappa shape index (κ2) is 5.63. The van der Waals surface area contributed by atoms with Crippen LogP contribution in [0.15, 0.2) is 22.7 Å². The molecule has 0 amide bonds. The molecule has 2 heterocycles. The molecule has 5 heteroatoms. The van der Waals surface area contributed by atoms with E-state index in [9.17, 15) is 0 Å². The van der Waals surface area contributed by atoms with Gasteiger partial charge in [-0.25, -0.2) is 0 Å². The number of hydrogen-bond acceptors (Lipinski definition) is 4. The molecule has 0 spiro atoms. The molecule has 5 nitrogen and oxygen atoms in total. The highest BCUT2D eigenvalue weighted by Gasteiger charge is 2.06. The SMILES string of the molecule is CCCNCc1cccn1Cc1nnc(C)o1. The summed E-state index contributed by atoms with van der Waals surface area (Å²) in [5, 5.41) is 11.2. The van der Waals surface area contributed by atoms with Gasteiger partial charge in [0.15, 0.2) is 0 Å². The van der Waals surface area contributed by atoms with E-state index >= 15 is 0 Å². The van der Waals surface area contributed by atoms with Crippen LogP contribution in [0.2, 0.25) is 0 Å². The maximum Gasteiger partial charge on any atom is 0.236 e. The van der Waals surface area contributed by atoms with Crippen molar-refractivity contribution in [1.82, 2.24) is 20.1 Å². The van der Waals surface area contributed by atoms with Crippen LogP contribution in [0.1, 0.15) is 30.8 Å². The van der Waals surface area contributed by atoms with Crippen LogP contribution in [0, 0.1) is 6.92 Å². The minimum atomic E-state index is 0.609. The first-order valence-electron chi connectivity index (χ1n) is 5.93. The summed E-state index contributed by atoms with van der Waals surface area (Å²) < 4.78 is 7.49. The number of nitrogens with zero attached hydrogens (tertiary/aromatic N) is 3. The average Bonchev–Trinajstić information content (AvgIpc) is 2.90. The molecule has 0 radical (unpaired) electrons. The lowest BCUT2D eigenvalue weighted by atomic mass is 10.4. The summed E-state index contributed by atoms with van der Waals surface area (Å²) >= 11 is 0. The fourth-order valence-electron chi connectivity index (χ4n) is 1.70. The van der Waals surface area contributed by atoms with E-state index in [1.807, 2.05) is 12.3 Å². The second-order valence-corrected chi connectivity index (χ2v) is 4.02. The molecule has 0 unspecified atom stereocenters. The molecule has 0 atom stereocenters. The lowest BCUT2D eigenvalue weighted by molar-refractivity contribution is 0.450. The zero-order valence-corrected chi connectivity index (χ0v) is 10.3. The van der Waals surface area contributed by atoms with Crippen molar-refractivity contribution in [3.8, 4) is 0 Å². The molecule has 0 saturated heterocycles. The Bertz CT molecular complexity index is 461. The summed E-state index contributed by atoms with van der Waals surface area (Å²) in [5.41, 5.74) is 1.23. The number of rotatable bonds is 6. The predicted molar refractivity (Wildman–Crippen MR) is 64.6 cm³/mol. The van der Waals surface area contributed by atoms with Crippen LogP contribution in [-0.2, 0) is 13.1 Å². The Balaban J connectivity index is 1.98. The number of aromatic nitrogens is 3. The summed E-state index contributed by atoms with van der Waals surface area (Å²) in [6.45, 7) is 6.50. The van der Waals surface area contributed by atoms with Gasteiger partial charge >= 0.3 is 0 Å². The third kappa shape index (κ3) is 3.17. The molecule has 2 aromatic heterocycles. The molecule has 0 bridgehead atoms. The molecule has 0 aliphatic heterocycles. The molecule has 2 rings (SSSR count). The van der Waals surface area contributed by atoms with Gasteiger partial charge in [-0.2, -0.15) is 0 Å². The number of aryl methyl sites for hydroxylation is 1. The van der Waals surface area contributed by atoms with Crippen LogP contribution < -0.4 is 5.32 Å². The van der Waals surface area contributed by atoms with Gasteiger partial charge in [0, 0.05) is 25.4 Å². The van der Waals surface area contributed by atoms with E-state index in [4.69, 9.17) is 4.42 Å². The Morgan fingerprint density at radius 3 is 3.00 bits per heavy atom. The Morgan fingerprint density at radius 2 is 2.29 bits per heavy atom. The smallest absolute Gasteiger partial charge is 0.236 e. The Morgan fingerprint density at radius 1 is 1.41 bits per heavy atom. The summed E-state index contributed by atoms with van der Waals surface area (Å²) in [7, 11) is 0. The summed E-state index contributed by atoms with van der Waals surface area (Å²) in [6, 6.07) is 4.14. The molecule has 0 saturated carbocycles. The minimum absolute atomic E-state index is 0.609. The van der Waals surface area contributed by atoms with Gasteiger partial charge < -0.3 is 14.3 Å². The highest BCUT2D eigenvalue weighted by atomic mass is 16.4. The highest BCUT2D eigenvalue weighted by Crippen LogP contribution is 2.07. The highest BCUT2D eigenvalue weighted by molar-refractivity contribution is 5.08. The molecule has 0 aromatic carbocycles. The van der Waals surface area contributed by atoms with E-state index in [1.54, 1.807) is 6.92 Å². The van der Waals surface area contributed by atoms with E-state index in [0.717, 1.165) is 19.5 Å². The predicted octanol–water partition coefficient (Wildman–Crippen LogP) is 1.73. The van der Waals surface area contributed by atoms with Crippen molar-refractivity contribution in [3.05, 3.63) is 35.8 Å². The standard InChI is InChI=1S/C12H18N4O/c1-3-6-13-8-11-5-4-7-16(11)9-12-15-14-10(2)17-12/h4-5,7,13H,3,6,8-9H2,1-2H3.